The quantitative estimate of drug-likeness (QED) is 0.389. The van der Waals surface area contributed by atoms with Crippen LogP contribution in [0.15, 0.2) is 35.4 Å². The third-order valence-corrected chi connectivity index (χ3v) is 2.26. The molecule has 19 heavy (non-hydrogen) atoms. The first-order valence-electron chi connectivity index (χ1n) is 5.50. The van der Waals surface area contributed by atoms with Crippen molar-refractivity contribution >= 4 is 34.5 Å². The summed E-state index contributed by atoms with van der Waals surface area (Å²) in [5, 5.41) is 11.9. The van der Waals surface area contributed by atoms with Crippen molar-refractivity contribution in [2.45, 2.75) is 6.92 Å². The Kier molecular flexibility index (Phi) is 6.13. The van der Waals surface area contributed by atoms with E-state index in [0.29, 0.717) is 5.69 Å². The molecule has 0 radical (unpaired) electrons. The Morgan fingerprint density at radius 2 is 2.32 bits per heavy atom. The SMILES string of the molecule is CCOC(=O)/C(Cl)=N\Nc1ccccc1/C=C/C#N. The zero-order valence-electron chi connectivity index (χ0n) is 10.3. The third-order valence-electron chi connectivity index (χ3n) is 2.02. The summed E-state index contributed by atoms with van der Waals surface area (Å²) in [6.07, 6.45) is 2.97. The van der Waals surface area contributed by atoms with Gasteiger partial charge in [-0.25, -0.2) is 4.79 Å². The van der Waals surface area contributed by atoms with Gasteiger partial charge in [0.15, 0.2) is 0 Å². The predicted octanol–water partition coefficient (Wildman–Crippen LogP) is 2.75. The predicted molar refractivity (Wildman–Crippen MR) is 74.6 cm³/mol. The van der Waals surface area contributed by atoms with Crippen molar-refractivity contribution in [3.8, 4) is 6.07 Å². The first-order valence-corrected chi connectivity index (χ1v) is 5.88. The molecule has 6 heteroatoms. The van der Waals surface area contributed by atoms with E-state index in [4.69, 9.17) is 16.9 Å². The number of esters is 1. The van der Waals surface area contributed by atoms with Crippen molar-refractivity contribution in [2.75, 3.05) is 12.0 Å². The van der Waals surface area contributed by atoms with Crippen molar-refractivity contribution in [2.24, 2.45) is 5.10 Å². The number of nitriles is 1. The molecule has 0 bridgehead atoms. The lowest BCUT2D eigenvalue weighted by Crippen LogP contribution is -2.13. The number of carbonyl (C=O) groups excluding carboxylic acids is 1. The van der Waals surface area contributed by atoms with Gasteiger partial charge in [-0.3, -0.25) is 5.43 Å². The minimum absolute atomic E-state index is 0.228. The molecule has 1 aromatic rings. The smallest absolute Gasteiger partial charge is 0.370 e. The molecule has 98 valence electrons. The monoisotopic (exact) mass is 277 g/mol. The number of para-hydroxylation sites is 1. The standard InChI is InChI=1S/C13H12ClN3O2/c1-2-19-13(18)12(14)17-16-11-8-4-3-6-10(11)7-5-9-15/h3-8,16H,2H2,1H3/b7-5+,17-12+. The molecule has 0 saturated carbocycles. The molecule has 0 spiro atoms. The molecule has 0 saturated heterocycles. The van der Waals surface area contributed by atoms with E-state index in [1.807, 2.05) is 12.1 Å². The van der Waals surface area contributed by atoms with Gasteiger partial charge in [0.1, 0.15) is 0 Å². The number of nitrogens with zero attached hydrogens (tertiary/aromatic N) is 2. The average Bonchev–Trinajstić information content (AvgIpc) is 2.43. The van der Waals surface area contributed by atoms with E-state index in [2.05, 4.69) is 15.3 Å². The fourth-order valence-corrected chi connectivity index (χ4v) is 1.31. The van der Waals surface area contributed by atoms with E-state index in [0.717, 1.165) is 5.56 Å². The second-order valence-electron chi connectivity index (χ2n) is 3.28. The molecule has 5 nitrogen and oxygen atoms in total. The summed E-state index contributed by atoms with van der Waals surface area (Å²) in [6.45, 7) is 1.91. The lowest BCUT2D eigenvalue weighted by Gasteiger charge is -2.05. The zero-order valence-corrected chi connectivity index (χ0v) is 11.0. The Labute approximate surface area is 116 Å². The number of anilines is 1. The topological polar surface area (TPSA) is 74.5 Å². The number of rotatable bonds is 5. The van der Waals surface area contributed by atoms with Crippen LogP contribution in [0, 0.1) is 11.3 Å². The summed E-state index contributed by atoms with van der Waals surface area (Å²) in [5.74, 6) is -0.693. The molecular weight excluding hydrogens is 266 g/mol. The Balaban J connectivity index is 2.83. The Hall–Kier alpha value is -2.32. The van der Waals surface area contributed by atoms with Crippen molar-refractivity contribution in [3.63, 3.8) is 0 Å². The Morgan fingerprint density at radius 1 is 1.58 bits per heavy atom. The van der Waals surface area contributed by atoms with Crippen LogP contribution in [0.3, 0.4) is 0 Å². The van der Waals surface area contributed by atoms with Gasteiger partial charge >= 0.3 is 5.97 Å². The van der Waals surface area contributed by atoms with Gasteiger partial charge in [0.05, 0.1) is 18.4 Å². The van der Waals surface area contributed by atoms with Crippen LogP contribution in [0.25, 0.3) is 6.08 Å². The van der Waals surface area contributed by atoms with E-state index in [-0.39, 0.29) is 11.8 Å². The van der Waals surface area contributed by atoms with Gasteiger partial charge in [-0.05, 0) is 19.1 Å². The molecule has 0 aliphatic rings. The number of hydrogen-bond acceptors (Lipinski definition) is 5. The van der Waals surface area contributed by atoms with Gasteiger partial charge in [-0.1, -0.05) is 29.8 Å². The zero-order chi connectivity index (χ0) is 14.1. The first-order chi connectivity index (χ1) is 9.19. The summed E-state index contributed by atoms with van der Waals surface area (Å²) < 4.78 is 4.69. The fraction of sp³-hybridized carbons (Fsp3) is 0.154. The summed E-state index contributed by atoms with van der Waals surface area (Å²) in [7, 11) is 0. The van der Waals surface area contributed by atoms with E-state index in [1.165, 1.54) is 6.08 Å². The van der Waals surface area contributed by atoms with Crippen LogP contribution in [0.2, 0.25) is 0 Å². The number of carbonyl (C=O) groups is 1. The minimum atomic E-state index is -0.693. The largest absolute Gasteiger partial charge is 0.461 e. The highest BCUT2D eigenvalue weighted by molar-refractivity contribution is 6.82. The van der Waals surface area contributed by atoms with Crippen molar-refractivity contribution in [1.82, 2.24) is 0 Å². The maximum atomic E-state index is 11.2. The van der Waals surface area contributed by atoms with Crippen LogP contribution in [0.1, 0.15) is 12.5 Å². The van der Waals surface area contributed by atoms with E-state index in [9.17, 15) is 4.79 Å². The van der Waals surface area contributed by atoms with Gasteiger partial charge in [-0.2, -0.15) is 10.4 Å². The maximum Gasteiger partial charge on any atom is 0.370 e. The lowest BCUT2D eigenvalue weighted by atomic mass is 10.2. The maximum absolute atomic E-state index is 11.2. The van der Waals surface area contributed by atoms with Crippen molar-refractivity contribution < 1.29 is 9.53 Å². The highest BCUT2D eigenvalue weighted by Crippen LogP contribution is 2.16. The average molecular weight is 278 g/mol. The van der Waals surface area contributed by atoms with Crippen LogP contribution in [0.5, 0.6) is 0 Å². The molecule has 0 unspecified atom stereocenters. The van der Waals surface area contributed by atoms with Crippen molar-refractivity contribution in [3.05, 3.63) is 35.9 Å². The van der Waals surface area contributed by atoms with Gasteiger partial charge in [0.25, 0.3) is 0 Å². The summed E-state index contributed by atoms with van der Waals surface area (Å²) in [5.41, 5.74) is 4.03. The van der Waals surface area contributed by atoms with Gasteiger partial charge in [0, 0.05) is 11.6 Å². The molecule has 1 rings (SSSR count). The third kappa shape index (κ3) is 4.82. The fourth-order valence-electron chi connectivity index (χ4n) is 1.22. The number of ether oxygens (including phenoxy) is 1. The normalized spacial score (nSPS) is 11.1. The highest BCUT2D eigenvalue weighted by atomic mass is 35.5. The van der Waals surface area contributed by atoms with Crippen LogP contribution >= 0.6 is 11.6 Å². The molecule has 1 N–H and O–H groups in total. The van der Waals surface area contributed by atoms with Gasteiger partial charge < -0.3 is 4.74 Å². The Morgan fingerprint density at radius 3 is 3.00 bits per heavy atom. The molecule has 0 heterocycles. The van der Waals surface area contributed by atoms with Crippen LogP contribution in [0.4, 0.5) is 5.69 Å². The number of nitrogens with one attached hydrogen (secondary N) is 1. The Bertz CT molecular complexity index is 547. The second kappa shape index (κ2) is 7.90. The van der Waals surface area contributed by atoms with Crippen LogP contribution < -0.4 is 5.43 Å². The summed E-state index contributed by atoms with van der Waals surface area (Å²) >= 11 is 5.66. The number of allylic oxidation sites excluding steroid dienone is 1. The molecule has 0 aromatic heterocycles. The molecule has 0 amide bonds. The first kappa shape index (κ1) is 14.7. The van der Waals surface area contributed by atoms with Gasteiger partial charge in [0.2, 0.25) is 5.17 Å². The molecule has 0 atom stereocenters. The highest BCUT2D eigenvalue weighted by Gasteiger charge is 2.09. The number of hydrazone groups is 1. The second-order valence-corrected chi connectivity index (χ2v) is 3.64. The molecule has 0 fully saturated rings. The molecular formula is C13H12ClN3O2. The van der Waals surface area contributed by atoms with Gasteiger partial charge in [-0.15, -0.1) is 0 Å². The number of benzene rings is 1. The van der Waals surface area contributed by atoms with Crippen LogP contribution in [-0.4, -0.2) is 17.7 Å². The summed E-state index contributed by atoms with van der Waals surface area (Å²) in [4.78, 5) is 11.2. The number of hydrogen-bond donors (Lipinski definition) is 1. The van der Waals surface area contributed by atoms with E-state index < -0.39 is 5.97 Å². The van der Waals surface area contributed by atoms with E-state index >= 15 is 0 Å². The number of halogens is 1. The van der Waals surface area contributed by atoms with Crippen molar-refractivity contribution in [1.29, 1.82) is 5.26 Å². The van der Waals surface area contributed by atoms with Crippen LogP contribution in [-0.2, 0) is 9.53 Å². The molecule has 0 aliphatic carbocycles. The van der Waals surface area contributed by atoms with E-state index in [1.54, 1.807) is 31.2 Å². The lowest BCUT2D eigenvalue weighted by molar-refractivity contribution is -0.134. The summed E-state index contributed by atoms with van der Waals surface area (Å²) in [6, 6.07) is 9.05. The molecule has 1 aromatic carbocycles. The molecule has 0 aliphatic heterocycles. The minimum Gasteiger partial charge on any atom is -0.461 e.